The molecule has 0 aromatic rings. The quantitative estimate of drug-likeness (QED) is 0.136. The van der Waals surface area contributed by atoms with Crippen LogP contribution in [0, 0.1) is 0 Å². The zero-order valence-electron chi connectivity index (χ0n) is 24.9. The maximum Gasteiger partial charge on any atom is 0.305 e. The fraction of sp³-hybridized carbons (Fsp3) is 0.828. The van der Waals surface area contributed by atoms with Crippen molar-refractivity contribution in [3.63, 3.8) is 0 Å². The highest BCUT2D eigenvalue weighted by Gasteiger charge is 2.52. The number of hydrogen-bond donors (Lipinski definition) is 1. The van der Waals surface area contributed by atoms with E-state index in [0.717, 1.165) is 40.0 Å². The lowest BCUT2D eigenvalue weighted by molar-refractivity contribution is -0.271. The van der Waals surface area contributed by atoms with Gasteiger partial charge in [-0.2, -0.15) is 0 Å². The van der Waals surface area contributed by atoms with Crippen LogP contribution in [-0.4, -0.2) is 67.0 Å². The fourth-order valence-electron chi connectivity index (χ4n) is 4.70. The molecule has 11 heteroatoms. The van der Waals surface area contributed by atoms with E-state index in [4.69, 9.17) is 23.7 Å². The fourth-order valence-corrected chi connectivity index (χ4v) is 4.70. The lowest BCUT2D eigenvalue weighted by atomic mass is 9.95. The summed E-state index contributed by atoms with van der Waals surface area (Å²) < 4.78 is 26.9. The molecule has 1 saturated heterocycles. The van der Waals surface area contributed by atoms with Gasteiger partial charge in [0.15, 0.2) is 12.2 Å². The maximum atomic E-state index is 12.9. The third kappa shape index (κ3) is 15.2. The van der Waals surface area contributed by atoms with E-state index >= 15 is 0 Å². The number of esters is 4. The summed E-state index contributed by atoms with van der Waals surface area (Å²) in [7, 11) is 0. The number of unbranched alkanes of at least 4 members (excludes halogenated alkanes) is 11. The van der Waals surface area contributed by atoms with Crippen LogP contribution in [0.4, 0.5) is 0 Å². The Morgan fingerprint density at radius 2 is 1.10 bits per heavy atom. The van der Waals surface area contributed by atoms with Crippen LogP contribution < -0.4 is 5.32 Å². The zero-order chi connectivity index (χ0) is 29.9. The lowest BCUT2D eigenvalue weighted by Crippen LogP contribution is -2.67. The van der Waals surface area contributed by atoms with Crippen molar-refractivity contribution < 1.29 is 47.7 Å². The van der Waals surface area contributed by atoms with E-state index in [1.165, 1.54) is 58.3 Å². The van der Waals surface area contributed by atoms with Gasteiger partial charge >= 0.3 is 23.9 Å². The molecule has 1 N–H and O–H groups in total. The molecule has 1 heterocycles. The predicted molar refractivity (Wildman–Crippen MR) is 146 cm³/mol. The second-order valence-corrected chi connectivity index (χ2v) is 10.3. The molecule has 1 aliphatic rings. The molecule has 0 aromatic heterocycles. The Balaban J connectivity index is 2.72. The van der Waals surface area contributed by atoms with Crippen LogP contribution in [0.25, 0.3) is 0 Å². The SMILES string of the molecule is CCCCCCCCCCCCCCC(=O)N[C@@H]1[C@H](OC(C)=O)O[C@H](COC(C)=O)[C@H](OC(C)=O)[C@@H]1OC(C)=O. The summed E-state index contributed by atoms with van der Waals surface area (Å²) in [6, 6.07) is -1.16. The Bertz CT molecular complexity index is 802. The van der Waals surface area contributed by atoms with E-state index < -0.39 is 54.5 Å². The Hall–Kier alpha value is -2.69. The molecule has 11 nitrogen and oxygen atoms in total. The van der Waals surface area contributed by atoms with E-state index in [0.29, 0.717) is 6.42 Å². The molecule has 1 fully saturated rings. The number of ether oxygens (including phenoxy) is 5. The number of hydrogen-bond acceptors (Lipinski definition) is 10. The normalized spacial score (nSPS) is 22.2. The molecule has 0 aromatic carbocycles. The summed E-state index contributed by atoms with van der Waals surface area (Å²) >= 11 is 0. The van der Waals surface area contributed by atoms with Gasteiger partial charge in [-0.1, -0.05) is 77.6 Å². The number of carbonyl (C=O) groups excluding carboxylic acids is 5. The average Bonchev–Trinajstić information content (AvgIpc) is 2.86. The topological polar surface area (TPSA) is 144 Å². The molecule has 1 rings (SSSR count). The number of rotatable bonds is 19. The highest BCUT2D eigenvalue weighted by Crippen LogP contribution is 2.28. The summed E-state index contributed by atoms with van der Waals surface area (Å²) in [6.07, 6.45) is 9.19. The van der Waals surface area contributed by atoms with Gasteiger partial charge in [-0.05, 0) is 6.42 Å². The van der Waals surface area contributed by atoms with E-state index in [1.54, 1.807) is 0 Å². The highest BCUT2D eigenvalue weighted by atomic mass is 16.7. The Labute approximate surface area is 238 Å². The van der Waals surface area contributed by atoms with Crippen LogP contribution in [0.5, 0.6) is 0 Å². The molecule has 5 atom stereocenters. The number of nitrogens with one attached hydrogen (secondary N) is 1. The van der Waals surface area contributed by atoms with Gasteiger partial charge in [-0.15, -0.1) is 0 Å². The molecule has 0 bridgehead atoms. The molecule has 0 radical (unpaired) electrons. The zero-order valence-corrected chi connectivity index (χ0v) is 24.9. The number of carbonyl (C=O) groups is 5. The van der Waals surface area contributed by atoms with E-state index in [1.807, 2.05) is 0 Å². The van der Waals surface area contributed by atoms with Crippen LogP contribution in [-0.2, 0) is 47.7 Å². The second-order valence-electron chi connectivity index (χ2n) is 10.3. The third-order valence-electron chi connectivity index (χ3n) is 6.57. The van der Waals surface area contributed by atoms with Crippen LogP contribution >= 0.6 is 0 Å². The summed E-state index contributed by atoms with van der Waals surface area (Å²) in [6.45, 7) is 6.53. The second kappa shape index (κ2) is 20.2. The van der Waals surface area contributed by atoms with E-state index in [2.05, 4.69) is 12.2 Å². The molecule has 0 unspecified atom stereocenters. The van der Waals surface area contributed by atoms with Crippen LogP contribution in [0.15, 0.2) is 0 Å². The van der Waals surface area contributed by atoms with Crippen LogP contribution in [0.2, 0.25) is 0 Å². The van der Waals surface area contributed by atoms with E-state index in [9.17, 15) is 24.0 Å². The average molecular weight is 572 g/mol. The van der Waals surface area contributed by atoms with E-state index in [-0.39, 0.29) is 18.9 Å². The van der Waals surface area contributed by atoms with Crippen molar-refractivity contribution in [1.82, 2.24) is 5.32 Å². The van der Waals surface area contributed by atoms with Gasteiger partial charge < -0.3 is 29.0 Å². The van der Waals surface area contributed by atoms with Crippen molar-refractivity contribution in [3.05, 3.63) is 0 Å². The first-order valence-corrected chi connectivity index (χ1v) is 14.6. The van der Waals surface area contributed by atoms with Crippen molar-refractivity contribution in [2.45, 2.75) is 149 Å². The molecule has 0 aliphatic carbocycles. The molecule has 0 saturated carbocycles. The van der Waals surface area contributed by atoms with Gasteiger partial charge in [0, 0.05) is 34.1 Å². The largest absolute Gasteiger partial charge is 0.463 e. The Morgan fingerprint density at radius 1 is 0.625 bits per heavy atom. The minimum Gasteiger partial charge on any atom is -0.463 e. The van der Waals surface area contributed by atoms with Crippen molar-refractivity contribution in [2.24, 2.45) is 0 Å². The van der Waals surface area contributed by atoms with Crippen molar-refractivity contribution >= 4 is 29.8 Å². The molecule has 1 aliphatic heterocycles. The Morgan fingerprint density at radius 3 is 1.57 bits per heavy atom. The van der Waals surface area contributed by atoms with Crippen molar-refractivity contribution in [3.8, 4) is 0 Å². The standard InChI is InChI=1S/C29H49NO10/c1-6-7-8-9-10-11-12-13-14-15-16-17-18-25(35)30-26-28(38-22(4)33)27(37-21(3)32)24(19-36-20(2)31)40-29(26)39-23(5)34/h24,26-29H,6-19H2,1-5H3,(H,30,35)/t24-,26+,27+,28-,29-/m1/s1. The molecule has 1 amide bonds. The molecule has 40 heavy (non-hydrogen) atoms. The molecule has 230 valence electrons. The summed E-state index contributed by atoms with van der Waals surface area (Å²) in [5.74, 6) is -3.09. The first-order chi connectivity index (χ1) is 19.0. The third-order valence-corrected chi connectivity index (χ3v) is 6.57. The molecular weight excluding hydrogens is 522 g/mol. The van der Waals surface area contributed by atoms with Gasteiger partial charge in [0.1, 0.15) is 18.8 Å². The lowest BCUT2D eigenvalue weighted by Gasteiger charge is -2.44. The smallest absolute Gasteiger partial charge is 0.305 e. The summed E-state index contributed by atoms with van der Waals surface area (Å²) in [4.78, 5) is 59.9. The van der Waals surface area contributed by atoms with Gasteiger partial charge in [-0.3, -0.25) is 24.0 Å². The first kappa shape index (κ1) is 35.3. The van der Waals surface area contributed by atoms with Gasteiger partial charge in [0.25, 0.3) is 0 Å². The summed E-state index contributed by atoms with van der Waals surface area (Å²) in [5.41, 5.74) is 0. The van der Waals surface area contributed by atoms with Crippen molar-refractivity contribution in [2.75, 3.05) is 6.61 Å². The predicted octanol–water partition coefficient (Wildman–Crippen LogP) is 4.28. The maximum absolute atomic E-state index is 12.9. The minimum absolute atomic E-state index is 0.211. The Kier molecular flexibility index (Phi) is 17.9. The van der Waals surface area contributed by atoms with Crippen molar-refractivity contribution in [1.29, 1.82) is 0 Å². The van der Waals surface area contributed by atoms with Crippen LogP contribution in [0.3, 0.4) is 0 Å². The van der Waals surface area contributed by atoms with Gasteiger partial charge in [-0.25, -0.2) is 0 Å². The highest BCUT2D eigenvalue weighted by molar-refractivity contribution is 5.76. The van der Waals surface area contributed by atoms with Crippen LogP contribution in [0.1, 0.15) is 118 Å². The molecular formula is C29H49NO10. The first-order valence-electron chi connectivity index (χ1n) is 14.6. The monoisotopic (exact) mass is 571 g/mol. The summed E-state index contributed by atoms with van der Waals surface area (Å²) in [5, 5.41) is 2.74. The molecule has 0 spiro atoms. The number of amides is 1. The minimum atomic E-state index is -1.37. The van der Waals surface area contributed by atoms with Gasteiger partial charge in [0.2, 0.25) is 12.2 Å². The van der Waals surface area contributed by atoms with Gasteiger partial charge in [0.05, 0.1) is 0 Å².